The van der Waals surface area contributed by atoms with Crippen LogP contribution < -0.4 is 15.8 Å². The van der Waals surface area contributed by atoms with E-state index in [-0.39, 0.29) is 17.5 Å². The molecule has 0 atom stereocenters. The summed E-state index contributed by atoms with van der Waals surface area (Å²) in [5.41, 5.74) is 2.49. The minimum atomic E-state index is -0.477. The lowest BCUT2D eigenvalue weighted by molar-refractivity contribution is -0.117. The number of nitrogens with zero attached hydrogens (tertiary/aromatic N) is 3. The lowest BCUT2D eigenvalue weighted by Crippen LogP contribution is -2.39. The Bertz CT molecular complexity index is 1110. The SMILES string of the molecule is O=C(CNc1cnn(-c2ccc(Cl)cc2)c(=O)c1Cl)N1CCCc2ccccc21. The van der Waals surface area contributed by atoms with Gasteiger partial charge in [0.15, 0.2) is 0 Å². The molecule has 1 amide bonds. The molecule has 0 bridgehead atoms. The molecule has 0 radical (unpaired) electrons. The van der Waals surface area contributed by atoms with Gasteiger partial charge in [-0.05, 0) is 48.7 Å². The van der Waals surface area contributed by atoms with Crippen LogP contribution in [-0.2, 0) is 11.2 Å². The minimum Gasteiger partial charge on any atom is -0.373 e. The lowest BCUT2D eigenvalue weighted by Gasteiger charge is -2.29. The number of para-hydroxylation sites is 1. The zero-order valence-electron chi connectivity index (χ0n) is 15.4. The number of hydrogen-bond donors (Lipinski definition) is 1. The van der Waals surface area contributed by atoms with Gasteiger partial charge in [0.05, 0.1) is 24.1 Å². The number of aromatic nitrogens is 2. The van der Waals surface area contributed by atoms with Crippen molar-refractivity contribution in [3.63, 3.8) is 0 Å². The van der Waals surface area contributed by atoms with E-state index in [0.717, 1.165) is 24.1 Å². The summed E-state index contributed by atoms with van der Waals surface area (Å²) in [6.45, 7) is 0.682. The molecule has 0 saturated heterocycles. The van der Waals surface area contributed by atoms with Gasteiger partial charge in [-0.15, -0.1) is 0 Å². The Morgan fingerprint density at radius 1 is 1.10 bits per heavy atom. The zero-order valence-corrected chi connectivity index (χ0v) is 17.0. The third-order valence-electron chi connectivity index (χ3n) is 4.83. The molecule has 1 aliphatic heterocycles. The Morgan fingerprint density at radius 2 is 1.86 bits per heavy atom. The summed E-state index contributed by atoms with van der Waals surface area (Å²) in [4.78, 5) is 27.1. The third kappa shape index (κ3) is 3.99. The Labute approximate surface area is 177 Å². The molecule has 1 N–H and O–H groups in total. The highest BCUT2D eigenvalue weighted by Gasteiger charge is 2.22. The van der Waals surface area contributed by atoms with Gasteiger partial charge in [-0.3, -0.25) is 9.59 Å². The summed E-state index contributed by atoms with van der Waals surface area (Å²) in [5, 5.41) is 7.64. The molecule has 6 nitrogen and oxygen atoms in total. The van der Waals surface area contributed by atoms with Crippen molar-refractivity contribution in [1.82, 2.24) is 9.78 Å². The summed E-state index contributed by atoms with van der Waals surface area (Å²) >= 11 is 12.1. The Kier molecular flexibility index (Phi) is 5.56. The highest BCUT2D eigenvalue weighted by atomic mass is 35.5. The third-order valence-corrected chi connectivity index (χ3v) is 5.45. The molecule has 0 fully saturated rings. The second kappa shape index (κ2) is 8.27. The van der Waals surface area contributed by atoms with Crippen LogP contribution in [0, 0.1) is 0 Å². The molecule has 0 spiro atoms. The van der Waals surface area contributed by atoms with Crippen LogP contribution in [0.1, 0.15) is 12.0 Å². The van der Waals surface area contributed by atoms with E-state index in [2.05, 4.69) is 10.4 Å². The van der Waals surface area contributed by atoms with Gasteiger partial charge in [0.25, 0.3) is 5.56 Å². The van der Waals surface area contributed by atoms with Crippen molar-refractivity contribution >= 4 is 40.5 Å². The van der Waals surface area contributed by atoms with Crippen LogP contribution in [0.4, 0.5) is 11.4 Å². The number of aryl methyl sites for hydroxylation is 1. The number of amides is 1. The fraction of sp³-hybridized carbons (Fsp3) is 0.190. The number of nitrogens with one attached hydrogen (secondary N) is 1. The first-order valence-electron chi connectivity index (χ1n) is 9.20. The number of fused-ring (bicyclic) bond motifs is 1. The number of carbonyl (C=O) groups excluding carboxylic acids is 1. The summed E-state index contributed by atoms with van der Waals surface area (Å²) in [6.07, 6.45) is 3.32. The molecule has 8 heteroatoms. The highest BCUT2D eigenvalue weighted by Crippen LogP contribution is 2.27. The Hall–Kier alpha value is -2.83. The van der Waals surface area contributed by atoms with Crippen molar-refractivity contribution in [2.45, 2.75) is 12.8 Å². The van der Waals surface area contributed by atoms with E-state index in [1.165, 1.54) is 10.9 Å². The number of anilines is 2. The van der Waals surface area contributed by atoms with E-state index in [4.69, 9.17) is 23.2 Å². The fourth-order valence-electron chi connectivity index (χ4n) is 3.38. The first-order valence-corrected chi connectivity index (χ1v) is 9.96. The van der Waals surface area contributed by atoms with Crippen molar-refractivity contribution < 1.29 is 4.79 Å². The van der Waals surface area contributed by atoms with Crippen LogP contribution in [0.3, 0.4) is 0 Å². The van der Waals surface area contributed by atoms with Gasteiger partial charge in [-0.25, -0.2) is 0 Å². The summed E-state index contributed by atoms with van der Waals surface area (Å²) in [6, 6.07) is 14.6. The van der Waals surface area contributed by atoms with Crippen LogP contribution in [-0.4, -0.2) is 28.8 Å². The van der Waals surface area contributed by atoms with Crippen LogP contribution in [0.15, 0.2) is 59.5 Å². The average molecular weight is 429 g/mol. The van der Waals surface area contributed by atoms with E-state index in [9.17, 15) is 9.59 Å². The normalized spacial score (nSPS) is 13.1. The molecular formula is C21H18Cl2N4O2. The molecular weight excluding hydrogens is 411 g/mol. The monoisotopic (exact) mass is 428 g/mol. The summed E-state index contributed by atoms with van der Waals surface area (Å²) < 4.78 is 1.19. The van der Waals surface area contributed by atoms with Gasteiger partial charge < -0.3 is 10.2 Å². The minimum absolute atomic E-state index is 0.0140. The number of hydrogen-bond acceptors (Lipinski definition) is 4. The molecule has 0 saturated carbocycles. The van der Waals surface area contributed by atoms with Gasteiger partial charge in [0, 0.05) is 17.3 Å². The van der Waals surface area contributed by atoms with E-state index in [0.29, 0.717) is 22.9 Å². The lowest BCUT2D eigenvalue weighted by atomic mass is 10.0. The number of benzene rings is 2. The van der Waals surface area contributed by atoms with Crippen LogP contribution in [0.2, 0.25) is 10.0 Å². The maximum Gasteiger partial charge on any atom is 0.292 e. The number of halogens is 2. The molecule has 1 aliphatic rings. The molecule has 2 aromatic carbocycles. The topological polar surface area (TPSA) is 67.2 Å². The van der Waals surface area contributed by atoms with Crippen molar-refractivity contribution in [2.75, 3.05) is 23.3 Å². The van der Waals surface area contributed by atoms with Gasteiger partial charge in [-0.2, -0.15) is 9.78 Å². The molecule has 1 aromatic heterocycles. The predicted octanol–water partition coefficient (Wildman–Crippen LogP) is 3.93. The largest absolute Gasteiger partial charge is 0.373 e. The standard InChI is InChI=1S/C21H18Cl2N4O2/c22-15-7-9-16(10-8-15)27-21(29)20(23)17(12-25-27)24-13-19(28)26-11-3-5-14-4-1-2-6-18(14)26/h1-2,4,6-10,12,24H,3,5,11,13H2. The molecule has 2 heterocycles. The molecule has 29 heavy (non-hydrogen) atoms. The predicted molar refractivity (Wildman–Crippen MR) is 115 cm³/mol. The quantitative estimate of drug-likeness (QED) is 0.683. The van der Waals surface area contributed by atoms with Crippen LogP contribution in [0.25, 0.3) is 5.69 Å². The first kappa shape index (κ1) is 19.5. The van der Waals surface area contributed by atoms with E-state index >= 15 is 0 Å². The fourth-order valence-corrected chi connectivity index (χ4v) is 3.70. The maximum atomic E-state index is 12.8. The van der Waals surface area contributed by atoms with Crippen molar-refractivity contribution in [1.29, 1.82) is 0 Å². The second-order valence-electron chi connectivity index (χ2n) is 6.70. The molecule has 4 rings (SSSR count). The van der Waals surface area contributed by atoms with Crippen molar-refractivity contribution in [3.8, 4) is 5.69 Å². The zero-order chi connectivity index (χ0) is 20.4. The van der Waals surface area contributed by atoms with Gasteiger partial charge >= 0.3 is 0 Å². The van der Waals surface area contributed by atoms with Crippen molar-refractivity contribution in [3.05, 3.63) is 80.7 Å². The van der Waals surface area contributed by atoms with Crippen molar-refractivity contribution in [2.24, 2.45) is 0 Å². The smallest absolute Gasteiger partial charge is 0.292 e. The summed E-state index contributed by atoms with van der Waals surface area (Å²) in [5.74, 6) is -0.0879. The first-order chi connectivity index (χ1) is 14.0. The molecule has 0 aliphatic carbocycles. The van der Waals surface area contributed by atoms with Crippen LogP contribution >= 0.6 is 23.2 Å². The average Bonchev–Trinajstić information content (AvgIpc) is 2.75. The Balaban J connectivity index is 1.51. The van der Waals surface area contributed by atoms with Gasteiger partial charge in [0.1, 0.15) is 5.02 Å². The highest BCUT2D eigenvalue weighted by molar-refractivity contribution is 6.33. The van der Waals surface area contributed by atoms with Gasteiger partial charge in [-0.1, -0.05) is 41.4 Å². The number of carbonyl (C=O) groups is 1. The van der Waals surface area contributed by atoms with E-state index in [1.54, 1.807) is 29.2 Å². The van der Waals surface area contributed by atoms with E-state index in [1.807, 2.05) is 24.3 Å². The number of rotatable bonds is 4. The Morgan fingerprint density at radius 3 is 2.66 bits per heavy atom. The summed E-state index contributed by atoms with van der Waals surface area (Å²) in [7, 11) is 0. The second-order valence-corrected chi connectivity index (χ2v) is 7.51. The maximum absolute atomic E-state index is 12.8. The molecule has 148 valence electrons. The van der Waals surface area contributed by atoms with Gasteiger partial charge in [0.2, 0.25) is 5.91 Å². The van der Waals surface area contributed by atoms with Crippen LogP contribution in [0.5, 0.6) is 0 Å². The molecule has 0 unspecified atom stereocenters. The molecule has 3 aromatic rings. The van der Waals surface area contributed by atoms with E-state index < -0.39 is 5.56 Å².